The number of hydrogen-bond donors (Lipinski definition) is 2. The van der Waals surface area contributed by atoms with Gasteiger partial charge in [0.1, 0.15) is 0 Å². The first kappa shape index (κ1) is 11.5. The second-order valence-corrected chi connectivity index (χ2v) is 4.08. The predicted molar refractivity (Wildman–Crippen MR) is 59.9 cm³/mol. The fourth-order valence-corrected chi connectivity index (χ4v) is 1.95. The lowest BCUT2D eigenvalue weighted by Crippen LogP contribution is -2.05. The normalized spacial score (nSPS) is 10.4. The topological polar surface area (TPSA) is 101 Å². The molecule has 90 valence electrons. The third-order valence-corrected chi connectivity index (χ3v) is 2.75. The van der Waals surface area contributed by atoms with E-state index in [4.69, 9.17) is 9.63 Å². The molecule has 2 heterocycles. The maximum Gasteiger partial charge on any atom is 0.309 e. The summed E-state index contributed by atoms with van der Waals surface area (Å²) in [4.78, 5) is 18.5. The van der Waals surface area contributed by atoms with Crippen molar-refractivity contribution in [2.75, 3.05) is 11.9 Å². The van der Waals surface area contributed by atoms with Crippen molar-refractivity contribution < 1.29 is 14.4 Å². The molecule has 0 spiro atoms. The van der Waals surface area contributed by atoms with Gasteiger partial charge in [-0.25, -0.2) is 4.98 Å². The van der Waals surface area contributed by atoms with Gasteiger partial charge in [-0.2, -0.15) is 4.98 Å². The van der Waals surface area contributed by atoms with Crippen LogP contribution < -0.4 is 5.32 Å². The molecule has 0 atom stereocenters. The van der Waals surface area contributed by atoms with E-state index in [-0.39, 0.29) is 6.42 Å². The number of rotatable bonds is 6. The Morgan fingerprint density at radius 1 is 1.59 bits per heavy atom. The summed E-state index contributed by atoms with van der Waals surface area (Å²) in [6.45, 7) is 0.613. The highest BCUT2D eigenvalue weighted by atomic mass is 32.1. The van der Waals surface area contributed by atoms with Crippen molar-refractivity contribution >= 4 is 22.4 Å². The monoisotopic (exact) mass is 254 g/mol. The van der Waals surface area contributed by atoms with E-state index in [1.807, 2.05) is 0 Å². The second kappa shape index (κ2) is 5.39. The molecular weight excluding hydrogens is 244 g/mol. The second-order valence-electron chi connectivity index (χ2n) is 3.23. The highest BCUT2D eigenvalue weighted by molar-refractivity contribution is 7.13. The predicted octanol–water partition coefficient (Wildman–Crippen LogP) is 0.808. The molecule has 0 unspecified atom stereocenters. The molecule has 7 nitrogen and oxygen atoms in total. The molecule has 0 aliphatic carbocycles. The minimum absolute atomic E-state index is 0.0537. The summed E-state index contributed by atoms with van der Waals surface area (Å²) in [6.07, 6.45) is 1.90. The van der Waals surface area contributed by atoms with Gasteiger partial charge in [-0.3, -0.25) is 4.79 Å². The van der Waals surface area contributed by atoms with Crippen molar-refractivity contribution in [3.8, 4) is 0 Å². The zero-order valence-electron chi connectivity index (χ0n) is 8.79. The number of carboxylic acids is 1. The van der Waals surface area contributed by atoms with Crippen LogP contribution in [0.2, 0.25) is 0 Å². The molecule has 17 heavy (non-hydrogen) atoms. The van der Waals surface area contributed by atoms with Crippen molar-refractivity contribution in [2.45, 2.75) is 12.8 Å². The molecule has 0 amide bonds. The number of aliphatic carboxylic acids is 1. The van der Waals surface area contributed by atoms with Gasteiger partial charge in [0.05, 0.1) is 12.1 Å². The first-order valence-electron chi connectivity index (χ1n) is 4.89. The first-order valence-corrected chi connectivity index (χ1v) is 5.77. The number of nitrogens with zero attached hydrogens (tertiary/aromatic N) is 3. The van der Waals surface area contributed by atoms with E-state index in [2.05, 4.69) is 20.4 Å². The fourth-order valence-electron chi connectivity index (χ4n) is 1.21. The Morgan fingerprint density at radius 2 is 2.47 bits per heavy atom. The Labute approximate surface area is 100 Å². The average molecular weight is 254 g/mol. The van der Waals surface area contributed by atoms with Crippen LogP contribution in [0.1, 0.15) is 11.6 Å². The molecule has 0 aliphatic rings. The van der Waals surface area contributed by atoms with Gasteiger partial charge in [0.15, 0.2) is 11.5 Å². The zero-order chi connectivity index (χ0) is 12.1. The summed E-state index contributed by atoms with van der Waals surface area (Å²) in [5.74, 6) is -0.326. The van der Waals surface area contributed by atoms with Gasteiger partial charge in [0.25, 0.3) is 0 Å². The number of hydrogen-bond acceptors (Lipinski definition) is 7. The number of thiazole rings is 1. The van der Waals surface area contributed by atoms with Gasteiger partial charge in [-0.15, -0.1) is 11.3 Å². The lowest BCUT2D eigenvalue weighted by atomic mass is 10.3. The van der Waals surface area contributed by atoms with Gasteiger partial charge in [0, 0.05) is 18.3 Å². The number of aromatic nitrogens is 3. The molecular formula is C9H10N4O3S. The standard InChI is InChI=1S/C9H10N4O3S/c14-8(15)3-6-4-17-9(13-6)10-2-1-7-11-5-12-16-7/h4-5H,1-3H2,(H,10,13)(H,14,15). The van der Waals surface area contributed by atoms with E-state index < -0.39 is 5.97 Å². The van der Waals surface area contributed by atoms with Crippen LogP contribution in [0, 0.1) is 0 Å². The van der Waals surface area contributed by atoms with Gasteiger partial charge < -0.3 is 14.9 Å². The Balaban J connectivity index is 1.79. The molecule has 0 aromatic carbocycles. The first-order chi connectivity index (χ1) is 8.24. The van der Waals surface area contributed by atoms with E-state index in [9.17, 15) is 4.79 Å². The minimum atomic E-state index is -0.882. The summed E-state index contributed by atoms with van der Waals surface area (Å²) >= 11 is 1.38. The number of carbonyl (C=O) groups is 1. The van der Waals surface area contributed by atoms with Gasteiger partial charge >= 0.3 is 5.97 Å². The molecule has 0 fully saturated rings. The Bertz CT molecular complexity index is 482. The number of anilines is 1. The lowest BCUT2D eigenvalue weighted by Gasteiger charge is -1.98. The molecule has 0 aliphatic heterocycles. The Kier molecular flexibility index (Phi) is 3.66. The lowest BCUT2D eigenvalue weighted by molar-refractivity contribution is -0.136. The maximum absolute atomic E-state index is 10.5. The smallest absolute Gasteiger partial charge is 0.309 e. The summed E-state index contributed by atoms with van der Waals surface area (Å²) < 4.78 is 4.83. The minimum Gasteiger partial charge on any atom is -0.481 e. The Morgan fingerprint density at radius 3 is 3.18 bits per heavy atom. The van der Waals surface area contributed by atoms with Gasteiger partial charge in [0.2, 0.25) is 5.89 Å². The van der Waals surface area contributed by atoms with Crippen molar-refractivity contribution in [1.82, 2.24) is 15.1 Å². The maximum atomic E-state index is 10.5. The van der Waals surface area contributed by atoms with Crippen LogP contribution >= 0.6 is 11.3 Å². The van der Waals surface area contributed by atoms with Crippen LogP contribution in [-0.2, 0) is 17.6 Å². The molecule has 2 aromatic rings. The van der Waals surface area contributed by atoms with E-state index in [1.165, 1.54) is 17.7 Å². The Hall–Kier alpha value is -1.96. The molecule has 0 saturated carbocycles. The molecule has 2 rings (SSSR count). The molecule has 0 radical (unpaired) electrons. The summed E-state index contributed by atoms with van der Waals surface area (Å²) in [5, 5.41) is 17.6. The van der Waals surface area contributed by atoms with Crippen molar-refractivity contribution in [3.05, 3.63) is 23.3 Å². The molecule has 2 N–H and O–H groups in total. The summed E-state index contributed by atoms with van der Waals surface area (Å²) in [6, 6.07) is 0. The van der Waals surface area contributed by atoms with Crippen LogP contribution in [0.4, 0.5) is 5.13 Å². The van der Waals surface area contributed by atoms with Crippen LogP contribution in [0.3, 0.4) is 0 Å². The molecule has 0 saturated heterocycles. The van der Waals surface area contributed by atoms with Crippen LogP contribution in [0.15, 0.2) is 16.2 Å². The van der Waals surface area contributed by atoms with E-state index in [0.29, 0.717) is 29.7 Å². The molecule has 0 bridgehead atoms. The van der Waals surface area contributed by atoms with Crippen LogP contribution in [0.25, 0.3) is 0 Å². The fraction of sp³-hybridized carbons (Fsp3) is 0.333. The quantitative estimate of drug-likeness (QED) is 0.786. The van der Waals surface area contributed by atoms with E-state index in [1.54, 1.807) is 5.38 Å². The summed E-state index contributed by atoms with van der Waals surface area (Å²) in [7, 11) is 0. The van der Waals surface area contributed by atoms with Gasteiger partial charge in [-0.1, -0.05) is 5.16 Å². The van der Waals surface area contributed by atoms with Crippen LogP contribution in [0.5, 0.6) is 0 Å². The highest BCUT2D eigenvalue weighted by Crippen LogP contribution is 2.15. The van der Waals surface area contributed by atoms with E-state index in [0.717, 1.165) is 0 Å². The number of nitrogens with one attached hydrogen (secondary N) is 1. The van der Waals surface area contributed by atoms with Crippen molar-refractivity contribution in [2.24, 2.45) is 0 Å². The number of carboxylic acid groups (broad SMARTS) is 1. The molecule has 8 heteroatoms. The zero-order valence-corrected chi connectivity index (χ0v) is 9.61. The third kappa shape index (κ3) is 3.52. The highest BCUT2D eigenvalue weighted by Gasteiger charge is 2.06. The summed E-state index contributed by atoms with van der Waals surface area (Å²) in [5.41, 5.74) is 0.558. The largest absolute Gasteiger partial charge is 0.481 e. The van der Waals surface area contributed by atoms with Crippen molar-refractivity contribution in [3.63, 3.8) is 0 Å². The van der Waals surface area contributed by atoms with Gasteiger partial charge in [-0.05, 0) is 0 Å². The molecule has 2 aromatic heterocycles. The average Bonchev–Trinajstić information content (AvgIpc) is 2.89. The van der Waals surface area contributed by atoms with Crippen LogP contribution in [-0.4, -0.2) is 32.7 Å². The van der Waals surface area contributed by atoms with E-state index >= 15 is 0 Å². The van der Waals surface area contributed by atoms with Crippen molar-refractivity contribution in [1.29, 1.82) is 0 Å². The third-order valence-electron chi connectivity index (χ3n) is 1.91. The SMILES string of the molecule is O=C(O)Cc1csc(NCCc2ncno2)n1.